The summed E-state index contributed by atoms with van der Waals surface area (Å²) >= 11 is 1.43. The summed E-state index contributed by atoms with van der Waals surface area (Å²) in [7, 11) is 0. The predicted octanol–water partition coefficient (Wildman–Crippen LogP) is 2.32. The summed E-state index contributed by atoms with van der Waals surface area (Å²) in [4.78, 5) is 0.859. The Balaban J connectivity index is 2.18. The predicted molar refractivity (Wildman–Crippen MR) is 66.6 cm³/mol. The molecule has 2 aromatic rings. The van der Waals surface area contributed by atoms with Gasteiger partial charge in [-0.1, -0.05) is 11.8 Å². The molecule has 0 spiro atoms. The monoisotopic (exact) mass is 285 g/mol. The zero-order valence-corrected chi connectivity index (χ0v) is 10.6. The standard InChI is InChI=1S/C12H10F3N3S/c13-12(14,15)11-3-6-18(17-11)8-10-9(2-1-5-16)4-7-19-10/h3-4,6-7H,5,8,16H2. The fraction of sp³-hybridized carbons (Fsp3) is 0.250. The van der Waals surface area contributed by atoms with Crippen molar-refractivity contribution in [3.8, 4) is 11.8 Å². The molecule has 0 saturated heterocycles. The summed E-state index contributed by atoms with van der Waals surface area (Å²) in [5.74, 6) is 5.60. The third kappa shape index (κ3) is 3.36. The van der Waals surface area contributed by atoms with Crippen LogP contribution in [0.5, 0.6) is 0 Å². The van der Waals surface area contributed by atoms with Gasteiger partial charge in [0.15, 0.2) is 5.69 Å². The minimum Gasteiger partial charge on any atom is -0.320 e. The summed E-state index contributed by atoms with van der Waals surface area (Å²) in [5, 5.41) is 5.34. The number of alkyl halides is 3. The second kappa shape index (κ2) is 5.47. The van der Waals surface area contributed by atoms with E-state index in [0.717, 1.165) is 16.5 Å². The Hall–Kier alpha value is -1.78. The molecule has 0 amide bonds. The van der Waals surface area contributed by atoms with E-state index in [0.29, 0.717) is 0 Å². The minimum absolute atomic E-state index is 0.245. The van der Waals surface area contributed by atoms with E-state index >= 15 is 0 Å². The van der Waals surface area contributed by atoms with Crippen molar-refractivity contribution in [1.29, 1.82) is 0 Å². The third-order valence-corrected chi connectivity index (χ3v) is 3.21. The lowest BCUT2D eigenvalue weighted by Crippen LogP contribution is -2.08. The maximum atomic E-state index is 12.4. The molecule has 0 atom stereocenters. The van der Waals surface area contributed by atoms with E-state index in [1.54, 1.807) is 0 Å². The van der Waals surface area contributed by atoms with Crippen molar-refractivity contribution in [1.82, 2.24) is 9.78 Å². The maximum Gasteiger partial charge on any atom is 0.435 e. The Morgan fingerprint density at radius 1 is 1.37 bits per heavy atom. The van der Waals surface area contributed by atoms with Gasteiger partial charge in [-0.05, 0) is 17.5 Å². The van der Waals surface area contributed by atoms with Crippen LogP contribution in [0, 0.1) is 11.8 Å². The van der Waals surface area contributed by atoms with E-state index in [9.17, 15) is 13.2 Å². The van der Waals surface area contributed by atoms with Gasteiger partial charge < -0.3 is 5.73 Å². The smallest absolute Gasteiger partial charge is 0.320 e. The van der Waals surface area contributed by atoms with Gasteiger partial charge in [-0.25, -0.2) is 0 Å². The molecule has 2 rings (SSSR count). The third-order valence-electron chi connectivity index (χ3n) is 2.31. The van der Waals surface area contributed by atoms with Crippen LogP contribution in [-0.4, -0.2) is 16.3 Å². The lowest BCUT2D eigenvalue weighted by Gasteiger charge is -2.02. The highest BCUT2D eigenvalue weighted by Gasteiger charge is 2.33. The first-order valence-electron chi connectivity index (χ1n) is 5.36. The largest absolute Gasteiger partial charge is 0.435 e. The molecule has 2 aromatic heterocycles. The van der Waals surface area contributed by atoms with Gasteiger partial charge in [0, 0.05) is 16.6 Å². The van der Waals surface area contributed by atoms with Crippen LogP contribution in [0.25, 0.3) is 0 Å². The zero-order chi connectivity index (χ0) is 13.9. The average molecular weight is 285 g/mol. The van der Waals surface area contributed by atoms with E-state index in [2.05, 4.69) is 16.9 Å². The summed E-state index contributed by atoms with van der Waals surface area (Å²) in [6.07, 6.45) is -3.11. The summed E-state index contributed by atoms with van der Waals surface area (Å²) in [5.41, 5.74) is 5.17. The number of aromatic nitrogens is 2. The Bertz CT molecular complexity index is 616. The van der Waals surface area contributed by atoms with Crippen LogP contribution in [0.1, 0.15) is 16.1 Å². The first kappa shape index (κ1) is 13.6. The average Bonchev–Trinajstić information content (AvgIpc) is 2.95. The molecule has 3 nitrogen and oxygen atoms in total. The molecule has 0 unspecified atom stereocenters. The Morgan fingerprint density at radius 2 is 2.16 bits per heavy atom. The van der Waals surface area contributed by atoms with Gasteiger partial charge in [0.2, 0.25) is 0 Å². The molecule has 0 radical (unpaired) electrons. The molecule has 0 aromatic carbocycles. The molecule has 19 heavy (non-hydrogen) atoms. The fourth-order valence-corrected chi connectivity index (χ4v) is 2.29. The topological polar surface area (TPSA) is 43.8 Å². The highest BCUT2D eigenvalue weighted by atomic mass is 32.1. The molecule has 0 bridgehead atoms. The Morgan fingerprint density at radius 3 is 2.79 bits per heavy atom. The van der Waals surface area contributed by atoms with E-state index in [-0.39, 0.29) is 13.1 Å². The number of nitrogens with zero attached hydrogens (tertiary/aromatic N) is 2. The summed E-state index contributed by atoms with van der Waals surface area (Å²) < 4.78 is 38.5. The summed E-state index contributed by atoms with van der Waals surface area (Å²) in [6, 6.07) is 2.77. The fourth-order valence-electron chi connectivity index (χ4n) is 1.47. The molecule has 7 heteroatoms. The van der Waals surface area contributed by atoms with Crippen molar-refractivity contribution in [3.05, 3.63) is 39.8 Å². The molecule has 0 aliphatic carbocycles. The van der Waals surface area contributed by atoms with Crippen LogP contribution in [0.3, 0.4) is 0 Å². The highest BCUT2D eigenvalue weighted by molar-refractivity contribution is 7.10. The van der Waals surface area contributed by atoms with Crippen LogP contribution in [0.15, 0.2) is 23.7 Å². The van der Waals surface area contributed by atoms with Gasteiger partial charge in [0.25, 0.3) is 0 Å². The first-order chi connectivity index (χ1) is 9.00. The van der Waals surface area contributed by atoms with Crippen molar-refractivity contribution in [2.75, 3.05) is 6.54 Å². The van der Waals surface area contributed by atoms with Gasteiger partial charge in [0.1, 0.15) is 0 Å². The van der Waals surface area contributed by atoms with Crippen molar-refractivity contribution < 1.29 is 13.2 Å². The van der Waals surface area contributed by atoms with Crippen LogP contribution in [0.4, 0.5) is 13.2 Å². The van der Waals surface area contributed by atoms with E-state index in [1.807, 2.05) is 11.4 Å². The summed E-state index contributed by atoms with van der Waals surface area (Å²) in [6.45, 7) is 0.512. The lowest BCUT2D eigenvalue weighted by molar-refractivity contribution is -0.141. The van der Waals surface area contributed by atoms with Gasteiger partial charge >= 0.3 is 6.18 Å². The number of nitrogens with two attached hydrogens (primary N) is 1. The minimum atomic E-state index is -4.41. The molecule has 0 aliphatic heterocycles. The second-order valence-electron chi connectivity index (χ2n) is 3.66. The number of thiophene rings is 1. The Kier molecular flexibility index (Phi) is 3.93. The molecular weight excluding hydrogens is 275 g/mol. The van der Waals surface area contributed by atoms with Crippen molar-refractivity contribution >= 4 is 11.3 Å². The molecule has 2 N–H and O–H groups in total. The molecular formula is C12H10F3N3S. The normalized spacial score (nSPS) is 11.2. The molecule has 100 valence electrons. The van der Waals surface area contributed by atoms with Gasteiger partial charge in [-0.15, -0.1) is 11.3 Å². The van der Waals surface area contributed by atoms with Gasteiger partial charge in [0.05, 0.1) is 13.1 Å². The first-order valence-corrected chi connectivity index (χ1v) is 6.24. The number of hydrogen-bond acceptors (Lipinski definition) is 3. The number of hydrogen-bond donors (Lipinski definition) is 1. The second-order valence-corrected chi connectivity index (χ2v) is 4.66. The number of rotatable bonds is 2. The van der Waals surface area contributed by atoms with Crippen molar-refractivity contribution in [2.24, 2.45) is 5.73 Å². The molecule has 0 saturated carbocycles. The molecule has 2 heterocycles. The Labute approximate surface area is 111 Å². The van der Waals surface area contributed by atoms with Crippen LogP contribution < -0.4 is 5.73 Å². The van der Waals surface area contributed by atoms with Crippen LogP contribution in [-0.2, 0) is 12.7 Å². The van der Waals surface area contributed by atoms with Crippen LogP contribution >= 0.6 is 11.3 Å². The number of halogens is 3. The maximum absolute atomic E-state index is 12.4. The van der Waals surface area contributed by atoms with E-state index in [1.165, 1.54) is 22.2 Å². The quantitative estimate of drug-likeness (QED) is 0.861. The molecule has 0 fully saturated rings. The van der Waals surface area contributed by atoms with E-state index < -0.39 is 11.9 Å². The van der Waals surface area contributed by atoms with Crippen molar-refractivity contribution in [3.63, 3.8) is 0 Å². The SMILES string of the molecule is NCC#Cc1ccsc1Cn1ccc(C(F)(F)F)n1. The van der Waals surface area contributed by atoms with Crippen LogP contribution in [0.2, 0.25) is 0 Å². The zero-order valence-electron chi connectivity index (χ0n) is 9.74. The van der Waals surface area contributed by atoms with Gasteiger partial charge in [-0.3, -0.25) is 4.68 Å². The van der Waals surface area contributed by atoms with Gasteiger partial charge in [-0.2, -0.15) is 18.3 Å². The highest BCUT2D eigenvalue weighted by Crippen LogP contribution is 2.27. The van der Waals surface area contributed by atoms with E-state index in [4.69, 9.17) is 5.73 Å². The lowest BCUT2D eigenvalue weighted by atomic mass is 10.2. The molecule has 0 aliphatic rings. The van der Waals surface area contributed by atoms with Crippen molar-refractivity contribution in [2.45, 2.75) is 12.7 Å².